The number of piperidine rings is 1. The van der Waals surface area contributed by atoms with E-state index in [1.54, 1.807) is 10.7 Å². The zero-order chi connectivity index (χ0) is 13.7. The fourth-order valence-electron chi connectivity index (χ4n) is 2.59. The monoisotopic (exact) mass is 264 g/mol. The van der Waals surface area contributed by atoms with E-state index in [0.717, 1.165) is 31.7 Å². The smallest absolute Gasteiger partial charge is 0.268 e. The number of hydrogen-bond acceptors (Lipinski definition) is 4. The minimum absolute atomic E-state index is 0.00632. The van der Waals surface area contributed by atoms with Gasteiger partial charge in [-0.25, -0.2) is 4.68 Å². The summed E-state index contributed by atoms with van der Waals surface area (Å²) in [5.74, 6) is 0.701. The second-order valence-corrected chi connectivity index (χ2v) is 5.43. The Labute approximate surface area is 114 Å². The Kier molecular flexibility index (Phi) is 4.96. The van der Waals surface area contributed by atoms with Gasteiger partial charge in [-0.1, -0.05) is 6.92 Å². The van der Waals surface area contributed by atoms with Crippen molar-refractivity contribution < 1.29 is 0 Å². The van der Waals surface area contributed by atoms with Gasteiger partial charge in [0.25, 0.3) is 5.56 Å². The van der Waals surface area contributed by atoms with Crippen LogP contribution < -0.4 is 15.8 Å². The van der Waals surface area contributed by atoms with Crippen LogP contribution >= 0.6 is 0 Å². The Morgan fingerprint density at radius 2 is 2.37 bits per heavy atom. The molecule has 5 heteroatoms. The summed E-state index contributed by atoms with van der Waals surface area (Å²) in [5, 5.41) is 7.36. The molecule has 5 nitrogen and oxygen atoms in total. The molecule has 106 valence electrons. The molecule has 0 spiro atoms. The van der Waals surface area contributed by atoms with Crippen LogP contribution in [0, 0.1) is 5.92 Å². The molecule has 1 atom stereocenters. The van der Waals surface area contributed by atoms with Crippen molar-refractivity contribution in [1.82, 2.24) is 15.1 Å². The maximum absolute atomic E-state index is 12.0. The van der Waals surface area contributed by atoms with Gasteiger partial charge >= 0.3 is 0 Å². The Bertz CT molecular complexity index is 457. The molecule has 19 heavy (non-hydrogen) atoms. The lowest BCUT2D eigenvalue weighted by Gasteiger charge is -2.32. The topological polar surface area (TPSA) is 50.2 Å². The van der Waals surface area contributed by atoms with Crippen LogP contribution in [0.3, 0.4) is 0 Å². The van der Waals surface area contributed by atoms with E-state index < -0.39 is 0 Å². The van der Waals surface area contributed by atoms with Crippen LogP contribution in [-0.4, -0.2) is 36.5 Å². The van der Waals surface area contributed by atoms with E-state index >= 15 is 0 Å². The van der Waals surface area contributed by atoms with Gasteiger partial charge in [0.15, 0.2) is 0 Å². The van der Waals surface area contributed by atoms with E-state index in [1.807, 2.05) is 13.2 Å². The van der Waals surface area contributed by atoms with Crippen LogP contribution in [0.25, 0.3) is 0 Å². The van der Waals surface area contributed by atoms with Crippen molar-refractivity contribution in [3.63, 3.8) is 0 Å². The quantitative estimate of drug-likeness (QED) is 0.809. The average Bonchev–Trinajstić information content (AvgIpc) is 2.41. The summed E-state index contributed by atoms with van der Waals surface area (Å²) < 4.78 is 1.55. The van der Waals surface area contributed by atoms with E-state index in [9.17, 15) is 4.79 Å². The molecule has 0 amide bonds. The van der Waals surface area contributed by atoms with Crippen LogP contribution in [0.15, 0.2) is 17.1 Å². The standard InChI is InChI=1S/C14H24N4O/c1-12-5-3-7-17(11-12)13-9-14(19)18(16-10-13)8-4-6-15-2/h9-10,12,15H,3-8,11H2,1-2H3. The maximum Gasteiger partial charge on any atom is 0.268 e. The van der Waals surface area contributed by atoms with Gasteiger partial charge in [-0.15, -0.1) is 0 Å². The molecule has 0 bridgehead atoms. The summed E-state index contributed by atoms with van der Waals surface area (Å²) in [5.41, 5.74) is 0.980. The molecule has 0 saturated carbocycles. The Balaban J connectivity index is 2.03. The Morgan fingerprint density at radius 1 is 1.53 bits per heavy atom. The van der Waals surface area contributed by atoms with Crippen LogP contribution in [-0.2, 0) is 6.54 Å². The van der Waals surface area contributed by atoms with Crippen molar-refractivity contribution >= 4 is 5.69 Å². The van der Waals surface area contributed by atoms with Crippen molar-refractivity contribution in [3.8, 4) is 0 Å². The van der Waals surface area contributed by atoms with E-state index in [1.165, 1.54) is 12.8 Å². The summed E-state index contributed by atoms with van der Waals surface area (Å²) in [6, 6.07) is 1.73. The van der Waals surface area contributed by atoms with Crippen molar-refractivity contribution in [3.05, 3.63) is 22.6 Å². The van der Waals surface area contributed by atoms with Crippen LogP contribution in [0.4, 0.5) is 5.69 Å². The number of aromatic nitrogens is 2. The first-order chi connectivity index (χ1) is 9.20. The molecule has 1 aliphatic heterocycles. The zero-order valence-corrected chi connectivity index (χ0v) is 11.9. The molecule has 1 aromatic rings. The van der Waals surface area contributed by atoms with Crippen molar-refractivity contribution in [2.45, 2.75) is 32.7 Å². The summed E-state index contributed by atoms with van der Waals surface area (Å²) in [7, 11) is 1.91. The molecule has 1 unspecified atom stereocenters. The number of nitrogens with one attached hydrogen (secondary N) is 1. The molecule has 0 radical (unpaired) electrons. The normalized spacial score (nSPS) is 19.7. The van der Waals surface area contributed by atoms with Gasteiger partial charge in [0, 0.05) is 25.7 Å². The van der Waals surface area contributed by atoms with E-state index in [4.69, 9.17) is 0 Å². The summed E-state index contributed by atoms with van der Waals surface area (Å²) >= 11 is 0. The number of anilines is 1. The van der Waals surface area contributed by atoms with Crippen molar-refractivity contribution in [2.75, 3.05) is 31.6 Å². The lowest BCUT2D eigenvalue weighted by atomic mass is 10.00. The van der Waals surface area contributed by atoms with E-state index in [2.05, 4.69) is 22.2 Å². The number of aryl methyl sites for hydroxylation is 1. The third kappa shape index (κ3) is 3.80. The third-order valence-electron chi connectivity index (χ3n) is 3.67. The third-order valence-corrected chi connectivity index (χ3v) is 3.67. The SMILES string of the molecule is CNCCCn1ncc(N2CCCC(C)C2)cc1=O. The Hall–Kier alpha value is -1.36. The highest BCUT2D eigenvalue weighted by molar-refractivity contribution is 5.43. The van der Waals surface area contributed by atoms with Crippen LogP contribution in [0.1, 0.15) is 26.2 Å². The highest BCUT2D eigenvalue weighted by Crippen LogP contribution is 2.20. The first-order valence-corrected chi connectivity index (χ1v) is 7.17. The summed E-state index contributed by atoms with van der Waals surface area (Å²) in [6.45, 7) is 5.91. The molecule has 1 aromatic heterocycles. The maximum atomic E-state index is 12.0. The molecule has 1 aliphatic rings. The summed E-state index contributed by atoms with van der Waals surface area (Å²) in [4.78, 5) is 14.3. The molecule has 0 aromatic carbocycles. The predicted octanol–water partition coefficient (Wildman–Crippen LogP) is 1.09. The van der Waals surface area contributed by atoms with Gasteiger partial charge in [0.05, 0.1) is 11.9 Å². The van der Waals surface area contributed by atoms with Crippen molar-refractivity contribution in [1.29, 1.82) is 0 Å². The fraction of sp³-hybridized carbons (Fsp3) is 0.714. The molecule has 0 aliphatic carbocycles. The van der Waals surface area contributed by atoms with Gasteiger partial charge < -0.3 is 10.2 Å². The van der Waals surface area contributed by atoms with Gasteiger partial charge in [0.2, 0.25) is 0 Å². The lowest BCUT2D eigenvalue weighted by Crippen LogP contribution is -2.35. The fourth-order valence-corrected chi connectivity index (χ4v) is 2.59. The second-order valence-electron chi connectivity index (χ2n) is 5.43. The molecule has 1 fully saturated rings. The average molecular weight is 264 g/mol. The van der Waals surface area contributed by atoms with Crippen LogP contribution in [0.2, 0.25) is 0 Å². The zero-order valence-electron chi connectivity index (χ0n) is 11.9. The molecule has 2 rings (SSSR count). The highest BCUT2D eigenvalue weighted by Gasteiger charge is 2.17. The van der Waals surface area contributed by atoms with E-state index in [-0.39, 0.29) is 5.56 Å². The largest absolute Gasteiger partial charge is 0.370 e. The second kappa shape index (κ2) is 6.70. The minimum atomic E-state index is 0.00632. The molecular weight excluding hydrogens is 240 g/mol. The lowest BCUT2D eigenvalue weighted by molar-refractivity contribution is 0.445. The van der Waals surface area contributed by atoms with Crippen LogP contribution in [0.5, 0.6) is 0 Å². The highest BCUT2D eigenvalue weighted by atomic mass is 16.1. The minimum Gasteiger partial charge on any atom is -0.370 e. The first kappa shape index (κ1) is 14.1. The van der Waals surface area contributed by atoms with Gasteiger partial charge in [-0.2, -0.15) is 5.10 Å². The molecular formula is C14H24N4O. The number of nitrogens with zero attached hydrogens (tertiary/aromatic N) is 3. The van der Waals surface area contributed by atoms with Crippen molar-refractivity contribution in [2.24, 2.45) is 5.92 Å². The molecule has 1 saturated heterocycles. The number of rotatable bonds is 5. The van der Waals surface area contributed by atoms with Gasteiger partial charge in [-0.3, -0.25) is 4.79 Å². The predicted molar refractivity (Wildman–Crippen MR) is 77.7 cm³/mol. The van der Waals surface area contributed by atoms with Gasteiger partial charge in [0.1, 0.15) is 0 Å². The number of hydrogen-bond donors (Lipinski definition) is 1. The van der Waals surface area contributed by atoms with Gasteiger partial charge in [-0.05, 0) is 38.8 Å². The first-order valence-electron chi connectivity index (χ1n) is 7.17. The summed E-state index contributed by atoms with van der Waals surface area (Å²) in [6.07, 6.45) is 5.24. The molecule has 2 heterocycles. The van der Waals surface area contributed by atoms with E-state index in [0.29, 0.717) is 12.5 Å². The molecule has 1 N–H and O–H groups in total. The Morgan fingerprint density at radius 3 is 3.05 bits per heavy atom.